The molecule has 1 saturated carbocycles. The quantitative estimate of drug-likeness (QED) is 0.772. The highest BCUT2D eigenvalue weighted by atomic mass is 16.3. The van der Waals surface area contributed by atoms with E-state index >= 15 is 0 Å². The standard InChI is InChI=1S/C11H17NO/c1-8-6-7-13-11(8)10(12)5-4-9-2-3-9/h6-7,9-10H,2-5,12H2,1H3. The third-order valence-electron chi connectivity index (χ3n) is 2.82. The molecule has 1 fully saturated rings. The lowest BCUT2D eigenvalue weighted by molar-refractivity contribution is 0.436. The SMILES string of the molecule is Cc1ccoc1C(N)CCC1CC1. The summed E-state index contributed by atoms with van der Waals surface area (Å²) in [7, 11) is 0. The van der Waals surface area contributed by atoms with E-state index in [9.17, 15) is 0 Å². The van der Waals surface area contributed by atoms with Crippen molar-refractivity contribution in [2.24, 2.45) is 11.7 Å². The Balaban J connectivity index is 1.88. The van der Waals surface area contributed by atoms with Crippen molar-refractivity contribution in [1.82, 2.24) is 0 Å². The minimum absolute atomic E-state index is 0.107. The zero-order valence-electron chi connectivity index (χ0n) is 8.12. The third kappa shape index (κ3) is 2.13. The van der Waals surface area contributed by atoms with E-state index in [2.05, 4.69) is 6.92 Å². The van der Waals surface area contributed by atoms with Gasteiger partial charge in [0.1, 0.15) is 5.76 Å². The highest BCUT2D eigenvalue weighted by Crippen LogP contribution is 2.35. The maximum atomic E-state index is 6.02. The highest BCUT2D eigenvalue weighted by molar-refractivity contribution is 5.17. The molecule has 2 heteroatoms. The van der Waals surface area contributed by atoms with Crippen molar-refractivity contribution in [3.63, 3.8) is 0 Å². The number of rotatable bonds is 4. The number of aryl methyl sites for hydroxylation is 1. The lowest BCUT2D eigenvalue weighted by Gasteiger charge is -2.08. The van der Waals surface area contributed by atoms with Crippen LogP contribution in [-0.2, 0) is 0 Å². The van der Waals surface area contributed by atoms with Crippen molar-refractivity contribution in [3.05, 3.63) is 23.7 Å². The fourth-order valence-corrected chi connectivity index (χ4v) is 1.72. The van der Waals surface area contributed by atoms with Crippen molar-refractivity contribution >= 4 is 0 Å². The molecular formula is C11H17NO. The Kier molecular flexibility index (Phi) is 2.40. The highest BCUT2D eigenvalue weighted by Gasteiger charge is 2.23. The van der Waals surface area contributed by atoms with Crippen LogP contribution < -0.4 is 5.73 Å². The Morgan fingerprint density at radius 3 is 2.92 bits per heavy atom. The van der Waals surface area contributed by atoms with E-state index < -0.39 is 0 Å². The fourth-order valence-electron chi connectivity index (χ4n) is 1.72. The zero-order valence-corrected chi connectivity index (χ0v) is 8.12. The van der Waals surface area contributed by atoms with E-state index in [-0.39, 0.29) is 6.04 Å². The molecule has 1 unspecified atom stereocenters. The van der Waals surface area contributed by atoms with Gasteiger partial charge in [-0.05, 0) is 37.3 Å². The molecule has 13 heavy (non-hydrogen) atoms. The molecule has 0 amide bonds. The minimum Gasteiger partial charge on any atom is -0.467 e. The fraction of sp³-hybridized carbons (Fsp3) is 0.636. The second-order valence-corrected chi connectivity index (χ2v) is 4.10. The molecule has 72 valence electrons. The van der Waals surface area contributed by atoms with Crippen molar-refractivity contribution < 1.29 is 4.42 Å². The molecule has 1 atom stereocenters. The summed E-state index contributed by atoms with van der Waals surface area (Å²) in [6.07, 6.45) is 6.87. The average Bonchev–Trinajstić information content (AvgIpc) is 2.84. The third-order valence-corrected chi connectivity index (χ3v) is 2.82. The lowest BCUT2D eigenvalue weighted by atomic mass is 10.1. The van der Waals surface area contributed by atoms with Crippen molar-refractivity contribution in [1.29, 1.82) is 0 Å². The largest absolute Gasteiger partial charge is 0.467 e. The summed E-state index contributed by atoms with van der Waals surface area (Å²) in [5.41, 5.74) is 7.21. The van der Waals surface area contributed by atoms with Gasteiger partial charge in [-0.15, -0.1) is 0 Å². The van der Waals surface area contributed by atoms with Gasteiger partial charge in [0.25, 0.3) is 0 Å². The monoisotopic (exact) mass is 179 g/mol. The van der Waals surface area contributed by atoms with Gasteiger partial charge in [0.15, 0.2) is 0 Å². The predicted molar refractivity (Wildman–Crippen MR) is 52.3 cm³/mol. The molecule has 0 aliphatic heterocycles. The summed E-state index contributed by atoms with van der Waals surface area (Å²) >= 11 is 0. The van der Waals surface area contributed by atoms with Gasteiger partial charge in [0.05, 0.1) is 12.3 Å². The number of nitrogens with two attached hydrogens (primary N) is 1. The first kappa shape index (κ1) is 8.82. The van der Waals surface area contributed by atoms with Gasteiger partial charge in [-0.25, -0.2) is 0 Å². The van der Waals surface area contributed by atoms with Gasteiger partial charge in [-0.3, -0.25) is 0 Å². The van der Waals surface area contributed by atoms with Crippen LogP contribution in [0.1, 0.15) is 43.0 Å². The van der Waals surface area contributed by atoms with Crippen LogP contribution in [-0.4, -0.2) is 0 Å². The van der Waals surface area contributed by atoms with Gasteiger partial charge < -0.3 is 10.2 Å². The van der Waals surface area contributed by atoms with Crippen LogP contribution in [0.3, 0.4) is 0 Å². The zero-order chi connectivity index (χ0) is 9.26. The Morgan fingerprint density at radius 2 is 2.38 bits per heavy atom. The molecular weight excluding hydrogens is 162 g/mol. The maximum Gasteiger partial charge on any atom is 0.123 e. The molecule has 1 aliphatic carbocycles. The molecule has 2 nitrogen and oxygen atoms in total. The summed E-state index contributed by atoms with van der Waals surface area (Å²) in [5.74, 6) is 1.93. The summed E-state index contributed by atoms with van der Waals surface area (Å²) < 4.78 is 5.35. The first-order chi connectivity index (χ1) is 6.27. The van der Waals surface area contributed by atoms with Crippen molar-refractivity contribution in [2.75, 3.05) is 0 Å². The average molecular weight is 179 g/mol. The molecule has 1 aromatic rings. The molecule has 2 N–H and O–H groups in total. The van der Waals surface area contributed by atoms with Crippen LogP contribution >= 0.6 is 0 Å². The van der Waals surface area contributed by atoms with E-state index in [1.54, 1.807) is 6.26 Å². The van der Waals surface area contributed by atoms with Crippen LogP contribution in [0.5, 0.6) is 0 Å². The van der Waals surface area contributed by atoms with Crippen molar-refractivity contribution in [3.8, 4) is 0 Å². The van der Waals surface area contributed by atoms with E-state index in [0.29, 0.717) is 0 Å². The van der Waals surface area contributed by atoms with Crippen LogP contribution in [0.15, 0.2) is 16.7 Å². The Labute approximate surface area is 79.1 Å². The number of furan rings is 1. The number of hydrogen-bond donors (Lipinski definition) is 1. The normalized spacial score (nSPS) is 18.9. The van der Waals surface area contributed by atoms with Crippen LogP contribution in [0, 0.1) is 12.8 Å². The smallest absolute Gasteiger partial charge is 0.123 e. The summed E-state index contributed by atoms with van der Waals surface area (Å²) in [6.45, 7) is 2.05. The second kappa shape index (κ2) is 3.54. The van der Waals surface area contributed by atoms with E-state index in [0.717, 1.165) is 18.1 Å². The van der Waals surface area contributed by atoms with E-state index in [1.807, 2.05) is 6.07 Å². The van der Waals surface area contributed by atoms with Crippen LogP contribution in [0.25, 0.3) is 0 Å². The first-order valence-corrected chi connectivity index (χ1v) is 5.07. The topological polar surface area (TPSA) is 39.2 Å². The Hall–Kier alpha value is -0.760. The van der Waals surface area contributed by atoms with Crippen LogP contribution in [0.2, 0.25) is 0 Å². The molecule has 0 radical (unpaired) electrons. The van der Waals surface area contributed by atoms with Crippen LogP contribution in [0.4, 0.5) is 0 Å². The Bertz CT molecular complexity index is 275. The van der Waals surface area contributed by atoms with Crippen molar-refractivity contribution in [2.45, 2.75) is 38.6 Å². The summed E-state index contributed by atoms with van der Waals surface area (Å²) in [4.78, 5) is 0. The molecule has 0 bridgehead atoms. The number of hydrogen-bond acceptors (Lipinski definition) is 2. The van der Waals surface area contributed by atoms with Gasteiger partial charge >= 0.3 is 0 Å². The van der Waals surface area contributed by atoms with E-state index in [4.69, 9.17) is 10.2 Å². The summed E-state index contributed by atoms with van der Waals surface area (Å²) in [5, 5.41) is 0. The molecule has 1 aliphatic rings. The van der Waals surface area contributed by atoms with E-state index in [1.165, 1.54) is 24.8 Å². The predicted octanol–water partition coefficient (Wildman–Crippen LogP) is 2.78. The first-order valence-electron chi connectivity index (χ1n) is 5.07. The molecule has 0 aromatic carbocycles. The molecule has 1 aromatic heterocycles. The molecule has 1 heterocycles. The van der Waals surface area contributed by atoms with Gasteiger partial charge in [-0.1, -0.05) is 12.8 Å². The molecule has 0 saturated heterocycles. The second-order valence-electron chi connectivity index (χ2n) is 4.10. The Morgan fingerprint density at radius 1 is 1.62 bits per heavy atom. The van der Waals surface area contributed by atoms with Gasteiger partial charge in [0, 0.05) is 0 Å². The minimum atomic E-state index is 0.107. The lowest BCUT2D eigenvalue weighted by Crippen LogP contribution is -2.10. The van der Waals surface area contributed by atoms with Gasteiger partial charge in [0.2, 0.25) is 0 Å². The summed E-state index contributed by atoms with van der Waals surface area (Å²) in [6, 6.07) is 2.09. The molecule has 2 rings (SSSR count). The van der Waals surface area contributed by atoms with Gasteiger partial charge in [-0.2, -0.15) is 0 Å². The molecule has 0 spiro atoms. The maximum absolute atomic E-state index is 6.02.